The summed E-state index contributed by atoms with van der Waals surface area (Å²) in [6.45, 7) is 4.26. The lowest BCUT2D eigenvalue weighted by Crippen LogP contribution is -2.28. The summed E-state index contributed by atoms with van der Waals surface area (Å²) in [5.74, 6) is 0. The van der Waals surface area contributed by atoms with Crippen molar-refractivity contribution in [3.63, 3.8) is 0 Å². The third kappa shape index (κ3) is 5.21. The molecule has 0 fully saturated rings. The van der Waals surface area contributed by atoms with E-state index in [0.717, 1.165) is 29.1 Å². The standard InChI is InChI=1S/C16H16F3N3S/c1-10-6-12(7-11(2)21-10)9-20-15(23)22-14-5-3-4-13(8-14)16(17,18)19/h3-8H,9H2,1-2H3,(H2,20,22,23). The highest BCUT2D eigenvalue weighted by Crippen LogP contribution is 2.30. The number of aromatic nitrogens is 1. The van der Waals surface area contributed by atoms with Crippen LogP contribution in [0.4, 0.5) is 18.9 Å². The number of hydrogen-bond acceptors (Lipinski definition) is 2. The summed E-state index contributed by atoms with van der Waals surface area (Å²) in [5.41, 5.74) is 2.38. The summed E-state index contributed by atoms with van der Waals surface area (Å²) >= 11 is 5.12. The van der Waals surface area contributed by atoms with E-state index in [1.807, 2.05) is 26.0 Å². The monoisotopic (exact) mass is 339 g/mol. The molecule has 0 bridgehead atoms. The van der Waals surface area contributed by atoms with Gasteiger partial charge in [-0.2, -0.15) is 13.2 Å². The molecule has 0 amide bonds. The molecule has 0 aliphatic rings. The highest BCUT2D eigenvalue weighted by molar-refractivity contribution is 7.80. The molecule has 0 atom stereocenters. The molecule has 122 valence electrons. The molecular formula is C16H16F3N3S. The van der Waals surface area contributed by atoms with Gasteiger partial charge in [0.05, 0.1) is 5.56 Å². The molecule has 0 unspecified atom stereocenters. The predicted octanol–water partition coefficient (Wildman–Crippen LogP) is 4.20. The number of halogens is 3. The Hall–Kier alpha value is -2.15. The minimum Gasteiger partial charge on any atom is -0.358 e. The van der Waals surface area contributed by atoms with Crippen molar-refractivity contribution in [1.82, 2.24) is 10.3 Å². The van der Waals surface area contributed by atoms with Gasteiger partial charge >= 0.3 is 6.18 Å². The summed E-state index contributed by atoms with van der Waals surface area (Å²) in [6.07, 6.45) is -4.38. The van der Waals surface area contributed by atoms with Gasteiger partial charge in [-0.25, -0.2) is 0 Å². The molecule has 2 rings (SSSR count). The summed E-state index contributed by atoms with van der Waals surface area (Å²) in [7, 11) is 0. The van der Waals surface area contributed by atoms with Gasteiger partial charge in [0.25, 0.3) is 0 Å². The fourth-order valence-electron chi connectivity index (χ4n) is 2.15. The number of benzene rings is 1. The average Bonchev–Trinajstić information content (AvgIpc) is 2.43. The van der Waals surface area contributed by atoms with Crippen LogP contribution in [0.2, 0.25) is 0 Å². The fraction of sp³-hybridized carbons (Fsp3) is 0.250. The van der Waals surface area contributed by atoms with E-state index in [1.54, 1.807) is 0 Å². The third-order valence-electron chi connectivity index (χ3n) is 3.04. The maximum Gasteiger partial charge on any atom is 0.416 e. The van der Waals surface area contributed by atoms with Crippen LogP contribution in [-0.2, 0) is 12.7 Å². The molecule has 0 aliphatic heterocycles. The molecule has 2 N–H and O–H groups in total. The minimum absolute atomic E-state index is 0.261. The number of nitrogens with zero attached hydrogens (tertiary/aromatic N) is 1. The van der Waals surface area contributed by atoms with Gasteiger partial charge in [0.15, 0.2) is 5.11 Å². The number of hydrogen-bond donors (Lipinski definition) is 2. The van der Waals surface area contributed by atoms with Crippen LogP contribution in [0.3, 0.4) is 0 Å². The van der Waals surface area contributed by atoms with Crippen molar-refractivity contribution in [2.24, 2.45) is 0 Å². The lowest BCUT2D eigenvalue weighted by Gasteiger charge is -2.13. The second-order valence-corrected chi connectivity index (χ2v) is 5.55. The maximum atomic E-state index is 12.7. The summed E-state index contributed by atoms with van der Waals surface area (Å²) in [5, 5.41) is 5.99. The largest absolute Gasteiger partial charge is 0.416 e. The minimum atomic E-state index is -4.38. The zero-order chi connectivity index (χ0) is 17.0. The normalized spacial score (nSPS) is 11.2. The molecule has 0 aliphatic carbocycles. The maximum absolute atomic E-state index is 12.7. The van der Waals surface area contributed by atoms with Crippen molar-refractivity contribution in [2.75, 3.05) is 5.32 Å². The van der Waals surface area contributed by atoms with Gasteiger partial charge in [-0.15, -0.1) is 0 Å². The molecular weight excluding hydrogens is 323 g/mol. The quantitative estimate of drug-likeness (QED) is 0.822. The Morgan fingerprint density at radius 2 is 1.78 bits per heavy atom. The van der Waals surface area contributed by atoms with Crippen molar-refractivity contribution in [3.8, 4) is 0 Å². The SMILES string of the molecule is Cc1cc(CNC(=S)Nc2cccc(C(F)(F)F)c2)cc(C)n1. The highest BCUT2D eigenvalue weighted by atomic mass is 32.1. The fourth-order valence-corrected chi connectivity index (χ4v) is 2.34. The van der Waals surface area contributed by atoms with Crippen molar-refractivity contribution in [1.29, 1.82) is 0 Å². The number of pyridine rings is 1. The van der Waals surface area contributed by atoms with Gasteiger partial charge in [-0.3, -0.25) is 4.98 Å². The predicted molar refractivity (Wildman–Crippen MR) is 88.2 cm³/mol. The zero-order valence-electron chi connectivity index (χ0n) is 12.7. The molecule has 0 saturated heterocycles. The second kappa shape index (κ2) is 6.95. The topological polar surface area (TPSA) is 37.0 Å². The van der Waals surface area contributed by atoms with Crippen LogP contribution in [-0.4, -0.2) is 10.1 Å². The van der Waals surface area contributed by atoms with Gasteiger partial charge in [0.1, 0.15) is 0 Å². The number of alkyl halides is 3. The molecule has 1 aromatic heterocycles. The Labute approximate surface area is 137 Å². The Morgan fingerprint density at radius 3 is 2.39 bits per heavy atom. The van der Waals surface area contributed by atoms with Crippen LogP contribution >= 0.6 is 12.2 Å². The van der Waals surface area contributed by atoms with Gasteiger partial charge in [0, 0.05) is 23.6 Å². The van der Waals surface area contributed by atoms with Crippen LogP contribution in [0.15, 0.2) is 36.4 Å². The molecule has 3 nitrogen and oxygen atoms in total. The Bertz CT molecular complexity index is 694. The first-order valence-corrected chi connectivity index (χ1v) is 7.31. The summed E-state index contributed by atoms with van der Waals surface area (Å²) < 4.78 is 38.0. The third-order valence-corrected chi connectivity index (χ3v) is 3.29. The Morgan fingerprint density at radius 1 is 1.13 bits per heavy atom. The molecule has 0 spiro atoms. The van der Waals surface area contributed by atoms with Crippen molar-refractivity contribution >= 4 is 23.0 Å². The zero-order valence-corrected chi connectivity index (χ0v) is 13.5. The lowest BCUT2D eigenvalue weighted by atomic mass is 10.2. The van der Waals surface area contributed by atoms with Crippen molar-refractivity contribution in [2.45, 2.75) is 26.6 Å². The van der Waals surface area contributed by atoms with E-state index in [-0.39, 0.29) is 5.11 Å². The average molecular weight is 339 g/mol. The smallest absolute Gasteiger partial charge is 0.358 e. The van der Waals surface area contributed by atoms with E-state index >= 15 is 0 Å². The summed E-state index contributed by atoms with van der Waals surface area (Å²) in [4.78, 5) is 4.28. The van der Waals surface area contributed by atoms with Gasteiger partial charge in [-0.05, 0) is 62.0 Å². The Kier molecular flexibility index (Phi) is 5.20. The van der Waals surface area contributed by atoms with Crippen LogP contribution < -0.4 is 10.6 Å². The number of anilines is 1. The van der Waals surface area contributed by atoms with Crippen LogP contribution in [0, 0.1) is 13.8 Å². The highest BCUT2D eigenvalue weighted by Gasteiger charge is 2.30. The summed E-state index contributed by atoms with van der Waals surface area (Å²) in [6, 6.07) is 8.76. The first-order valence-electron chi connectivity index (χ1n) is 6.90. The van der Waals surface area contributed by atoms with Crippen molar-refractivity contribution in [3.05, 3.63) is 58.9 Å². The number of rotatable bonds is 3. The Balaban J connectivity index is 1.97. The van der Waals surface area contributed by atoms with E-state index in [1.165, 1.54) is 12.1 Å². The second-order valence-electron chi connectivity index (χ2n) is 5.14. The molecule has 7 heteroatoms. The van der Waals surface area contributed by atoms with Crippen LogP contribution in [0.1, 0.15) is 22.5 Å². The van der Waals surface area contributed by atoms with Crippen LogP contribution in [0.5, 0.6) is 0 Å². The number of nitrogens with one attached hydrogen (secondary N) is 2. The molecule has 1 heterocycles. The number of thiocarbonyl (C=S) groups is 1. The van der Waals surface area contributed by atoms with Crippen molar-refractivity contribution < 1.29 is 13.2 Å². The van der Waals surface area contributed by atoms with Crippen LogP contribution in [0.25, 0.3) is 0 Å². The molecule has 23 heavy (non-hydrogen) atoms. The van der Waals surface area contributed by atoms with E-state index in [4.69, 9.17) is 12.2 Å². The van der Waals surface area contributed by atoms with E-state index in [2.05, 4.69) is 15.6 Å². The van der Waals surface area contributed by atoms with Gasteiger partial charge in [-0.1, -0.05) is 6.07 Å². The molecule has 0 radical (unpaired) electrons. The van der Waals surface area contributed by atoms with E-state index < -0.39 is 11.7 Å². The van der Waals surface area contributed by atoms with E-state index in [0.29, 0.717) is 12.2 Å². The molecule has 0 saturated carbocycles. The molecule has 2 aromatic rings. The lowest BCUT2D eigenvalue weighted by molar-refractivity contribution is -0.137. The molecule has 1 aromatic carbocycles. The van der Waals surface area contributed by atoms with E-state index in [9.17, 15) is 13.2 Å². The van der Waals surface area contributed by atoms with Gasteiger partial charge in [0.2, 0.25) is 0 Å². The first kappa shape index (κ1) is 17.2. The van der Waals surface area contributed by atoms with Gasteiger partial charge < -0.3 is 10.6 Å². The number of aryl methyl sites for hydroxylation is 2. The first-order chi connectivity index (χ1) is 10.7.